The molecule has 0 aliphatic carbocycles. The van der Waals surface area contributed by atoms with Crippen molar-refractivity contribution in [1.29, 1.82) is 0 Å². The number of nitrogens with zero attached hydrogens (tertiary/aromatic N) is 2. The van der Waals surface area contributed by atoms with Crippen LogP contribution in [0.25, 0.3) is 0 Å². The third kappa shape index (κ3) is 5.81. The van der Waals surface area contributed by atoms with Crippen LogP contribution < -0.4 is 14.8 Å². The van der Waals surface area contributed by atoms with E-state index in [-0.39, 0.29) is 18.1 Å². The number of ether oxygens (including phenoxy) is 2. The Balaban J connectivity index is 1.60. The van der Waals surface area contributed by atoms with Crippen LogP contribution in [0.1, 0.15) is 25.0 Å². The molecule has 29 heavy (non-hydrogen) atoms. The SMILES string of the molecule is CCOc1ccc(CC(=O)Nc2cnn(Cc3ccc(F)cc3)c2)cc1OCC. The van der Waals surface area contributed by atoms with Crippen LogP contribution in [-0.2, 0) is 17.8 Å². The highest BCUT2D eigenvalue weighted by atomic mass is 19.1. The number of carbonyl (C=O) groups excluding carboxylic acids is 1. The molecule has 0 unspecified atom stereocenters. The molecule has 7 heteroatoms. The maximum absolute atomic E-state index is 13.0. The molecule has 0 bridgehead atoms. The summed E-state index contributed by atoms with van der Waals surface area (Å²) in [6, 6.07) is 11.7. The van der Waals surface area contributed by atoms with E-state index in [1.54, 1.807) is 29.2 Å². The summed E-state index contributed by atoms with van der Waals surface area (Å²) in [6.07, 6.45) is 3.53. The van der Waals surface area contributed by atoms with Crippen molar-refractivity contribution >= 4 is 11.6 Å². The van der Waals surface area contributed by atoms with Gasteiger partial charge in [-0.3, -0.25) is 9.48 Å². The number of rotatable bonds is 9. The van der Waals surface area contributed by atoms with Crippen LogP contribution in [0.4, 0.5) is 10.1 Å². The Kier molecular flexibility index (Phi) is 6.84. The fourth-order valence-corrected chi connectivity index (χ4v) is 2.89. The number of carbonyl (C=O) groups is 1. The zero-order valence-corrected chi connectivity index (χ0v) is 16.5. The predicted octanol–water partition coefficient (Wildman–Crippen LogP) is 4.05. The van der Waals surface area contributed by atoms with Gasteiger partial charge in [-0.1, -0.05) is 18.2 Å². The second-order valence-corrected chi connectivity index (χ2v) is 6.43. The highest BCUT2D eigenvalue weighted by Crippen LogP contribution is 2.28. The van der Waals surface area contributed by atoms with Crippen molar-refractivity contribution in [3.8, 4) is 11.5 Å². The molecular weight excluding hydrogens is 373 g/mol. The van der Waals surface area contributed by atoms with Gasteiger partial charge in [-0.2, -0.15) is 5.10 Å². The molecule has 0 atom stereocenters. The van der Waals surface area contributed by atoms with Crippen molar-refractivity contribution in [2.45, 2.75) is 26.8 Å². The molecule has 0 fully saturated rings. The van der Waals surface area contributed by atoms with Gasteiger partial charge in [0.15, 0.2) is 11.5 Å². The van der Waals surface area contributed by atoms with E-state index in [4.69, 9.17) is 9.47 Å². The molecule has 2 aromatic carbocycles. The molecule has 1 amide bonds. The maximum atomic E-state index is 13.0. The van der Waals surface area contributed by atoms with Crippen LogP contribution in [0.3, 0.4) is 0 Å². The van der Waals surface area contributed by atoms with Crippen LogP contribution in [0.5, 0.6) is 11.5 Å². The molecule has 1 heterocycles. The number of hydrogen-bond donors (Lipinski definition) is 1. The summed E-state index contributed by atoms with van der Waals surface area (Å²) in [7, 11) is 0. The van der Waals surface area contributed by atoms with Crippen molar-refractivity contribution in [1.82, 2.24) is 9.78 Å². The second kappa shape index (κ2) is 9.73. The van der Waals surface area contributed by atoms with Crippen LogP contribution in [0.2, 0.25) is 0 Å². The Labute approximate surface area is 169 Å². The van der Waals surface area contributed by atoms with Gasteiger partial charge >= 0.3 is 0 Å². The van der Waals surface area contributed by atoms with Gasteiger partial charge in [-0.25, -0.2) is 4.39 Å². The lowest BCUT2D eigenvalue weighted by Crippen LogP contribution is -2.14. The Bertz CT molecular complexity index is 954. The Morgan fingerprint density at radius 2 is 1.72 bits per heavy atom. The van der Waals surface area contributed by atoms with Gasteiger partial charge in [-0.05, 0) is 49.2 Å². The topological polar surface area (TPSA) is 65.4 Å². The van der Waals surface area contributed by atoms with E-state index in [1.165, 1.54) is 12.1 Å². The molecule has 0 saturated heterocycles. The maximum Gasteiger partial charge on any atom is 0.228 e. The summed E-state index contributed by atoms with van der Waals surface area (Å²) in [5, 5.41) is 7.08. The van der Waals surface area contributed by atoms with Crippen LogP contribution in [-0.4, -0.2) is 28.9 Å². The number of hydrogen-bond acceptors (Lipinski definition) is 4. The lowest BCUT2D eigenvalue weighted by Gasteiger charge is -2.12. The van der Waals surface area contributed by atoms with Gasteiger partial charge in [0.1, 0.15) is 5.82 Å². The van der Waals surface area contributed by atoms with E-state index in [2.05, 4.69) is 10.4 Å². The first-order valence-electron chi connectivity index (χ1n) is 9.52. The van der Waals surface area contributed by atoms with E-state index < -0.39 is 0 Å². The third-order valence-electron chi connectivity index (χ3n) is 4.15. The Hall–Kier alpha value is -3.35. The monoisotopic (exact) mass is 397 g/mol. The van der Waals surface area contributed by atoms with E-state index in [0.29, 0.717) is 36.9 Å². The van der Waals surface area contributed by atoms with Gasteiger partial charge in [0.2, 0.25) is 5.91 Å². The summed E-state index contributed by atoms with van der Waals surface area (Å²) in [5.74, 6) is 0.870. The zero-order valence-electron chi connectivity index (χ0n) is 16.5. The second-order valence-electron chi connectivity index (χ2n) is 6.43. The average Bonchev–Trinajstić information content (AvgIpc) is 3.12. The fourth-order valence-electron chi connectivity index (χ4n) is 2.89. The van der Waals surface area contributed by atoms with Gasteiger partial charge < -0.3 is 14.8 Å². The molecule has 0 spiro atoms. The highest BCUT2D eigenvalue weighted by molar-refractivity contribution is 5.92. The molecule has 1 N–H and O–H groups in total. The normalized spacial score (nSPS) is 10.6. The largest absolute Gasteiger partial charge is 0.490 e. The minimum absolute atomic E-state index is 0.155. The van der Waals surface area contributed by atoms with Crippen LogP contribution in [0, 0.1) is 5.82 Å². The number of aromatic nitrogens is 2. The quantitative estimate of drug-likeness (QED) is 0.592. The predicted molar refractivity (Wildman–Crippen MR) is 109 cm³/mol. The van der Waals surface area contributed by atoms with Crippen molar-refractivity contribution in [2.75, 3.05) is 18.5 Å². The number of benzene rings is 2. The van der Waals surface area contributed by atoms with Crippen molar-refractivity contribution in [3.05, 3.63) is 71.8 Å². The molecule has 152 valence electrons. The van der Waals surface area contributed by atoms with Gasteiger partial charge in [0.05, 0.1) is 38.1 Å². The minimum Gasteiger partial charge on any atom is -0.490 e. The van der Waals surface area contributed by atoms with Crippen molar-refractivity contribution < 1.29 is 18.7 Å². The third-order valence-corrected chi connectivity index (χ3v) is 4.15. The number of amides is 1. The van der Waals surface area contributed by atoms with E-state index in [9.17, 15) is 9.18 Å². The summed E-state index contributed by atoms with van der Waals surface area (Å²) in [5.41, 5.74) is 2.35. The van der Waals surface area contributed by atoms with Crippen molar-refractivity contribution in [3.63, 3.8) is 0 Å². The fraction of sp³-hybridized carbons (Fsp3) is 0.273. The van der Waals surface area contributed by atoms with Gasteiger partial charge in [-0.15, -0.1) is 0 Å². The first-order chi connectivity index (χ1) is 14.1. The van der Waals surface area contributed by atoms with Crippen LogP contribution in [0.15, 0.2) is 54.9 Å². The first kappa shape index (κ1) is 20.4. The summed E-state index contributed by atoms with van der Waals surface area (Å²) < 4.78 is 25.8. The summed E-state index contributed by atoms with van der Waals surface area (Å²) in [6.45, 7) is 5.36. The zero-order chi connectivity index (χ0) is 20.6. The smallest absolute Gasteiger partial charge is 0.228 e. The molecular formula is C22H24FN3O3. The van der Waals surface area contributed by atoms with Crippen molar-refractivity contribution in [2.24, 2.45) is 0 Å². The molecule has 6 nitrogen and oxygen atoms in total. The van der Waals surface area contributed by atoms with E-state index >= 15 is 0 Å². The molecule has 0 aliphatic heterocycles. The molecule has 1 aromatic heterocycles. The van der Waals surface area contributed by atoms with E-state index in [0.717, 1.165) is 11.1 Å². The highest BCUT2D eigenvalue weighted by Gasteiger charge is 2.10. The summed E-state index contributed by atoms with van der Waals surface area (Å²) in [4.78, 5) is 12.4. The van der Waals surface area contributed by atoms with Gasteiger partial charge in [0.25, 0.3) is 0 Å². The summed E-state index contributed by atoms with van der Waals surface area (Å²) >= 11 is 0. The number of halogens is 1. The lowest BCUT2D eigenvalue weighted by molar-refractivity contribution is -0.115. The first-order valence-corrected chi connectivity index (χ1v) is 9.52. The molecule has 0 aliphatic rings. The molecule has 3 rings (SSSR count). The Morgan fingerprint density at radius 3 is 2.45 bits per heavy atom. The average molecular weight is 397 g/mol. The lowest BCUT2D eigenvalue weighted by atomic mass is 10.1. The van der Waals surface area contributed by atoms with Crippen LogP contribution >= 0.6 is 0 Å². The number of anilines is 1. The standard InChI is InChI=1S/C22H24FN3O3/c1-3-28-20-10-7-17(11-21(20)29-4-2)12-22(27)25-19-13-24-26(15-19)14-16-5-8-18(23)9-6-16/h5-11,13,15H,3-4,12,14H2,1-2H3,(H,25,27). The molecule has 0 saturated carbocycles. The minimum atomic E-state index is -0.274. The van der Waals surface area contributed by atoms with E-state index in [1.807, 2.05) is 32.0 Å². The molecule has 0 radical (unpaired) electrons. The molecule has 3 aromatic rings. The number of nitrogens with one attached hydrogen (secondary N) is 1. The van der Waals surface area contributed by atoms with Gasteiger partial charge in [0, 0.05) is 6.20 Å². The Morgan fingerprint density at radius 1 is 1.03 bits per heavy atom.